The van der Waals surface area contributed by atoms with E-state index in [0.29, 0.717) is 5.75 Å². The highest BCUT2D eigenvalue weighted by molar-refractivity contribution is 7.99. The average Bonchev–Trinajstić information content (AvgIpc) is 2.21. The first kappa shape index (κ1) is 15.3. The van der Waals surface area contributed by atoms with E-state index in [4.69, 9.17) is 0 Å². The second-order valence-corrected chi connectivity index (χ2v) is 4.03. The molecule has 0 saturated carbocycles. The molecule has 0 aliphatic carbocycles. The Morgan fingerprint density at radius 3 is 2.69 bits per heavy atom. The van der Waals surface area contributed by atoms with E-state index in [1.807, 2.05) is 37.6 Å². The fourth-order valence-corrected chi connectivity index (χ4v) is 1.64. The summed E-state index contributed by atoms with van der Waals surface area (Å²) >= 11 is 1.52. The average molecular weight is 261 g/mol. The number of hydrogen-bond acceptors (Lipinski definition) is 3. The van der Waals surface area contributed by atoms with E-state index in [1.54, 1.807) is 0 Å². The van der Waals surface area contributed by atoms with E-state index in [2.05, 4.69) is 10.6 Å². The van der Waals surface area contributed by atoms with Gasteiger partial charge in [0, 0.05) is 12.2 Å². The summed E-state index contributed by atoms with van der Waals surface area (Å²) in [7, 11) is 1.89. The molecule has 90 valence electrons. The molecule has 0 unspecified atom stereocenters. The molecule has 3 nitrogen and oxygen atoms in total. The van der Waals surface area contributed by atoms with Crippen molar-refractivity contribution in [3.05, 3.63) is 29.8 Å². The lowest BCUT2D eigenvalue weighted by atomic mass is 10.2. The number of carbonyl (C=O) groups is 1. The Labute approximate surface area is 107 Å². The highest BCUT2D eigenvalue weighted by atomic mass is 35.5. The van der Waals surface area contributed by atoms with Crippen LogP contribution in [0.1, 0.15) is 5.56 Å². The molecule has 5 heteroatoms. The molecule has 1 aromatic rings. The van der Waals surface area contributed by atoms with Crippen molar-refractivity contribution in [1.29, 1.82) is 0 Å². The van der Waals surface area contributed by atoms with Gasteiger partial charge >= 0.3 is 0 Å². The molecule has 0 radical (unpaired) electrons. The molecule has 0 spiro atoms. The minimum absolute atomic E-state index is 0. The van der Waals surface area contributed by atoms with Crippen LogP contribution in [-0.4, -0.2) is 25.0 Å². The zero-order valence-corrected chi connectivity index (χ0v) is 11.1. The Kier molecular flexibility index (Phi) is 8.07. The first-order chi connectivity index (χ1) is 7.27. The van der Waals surface area contributed by atoms with Gasteiger partial charge in [0.15, 0.2) is 0 Å². The summed E-state index contributed by atoms with van der Waals surface area (Å²) < 4.78 is 0. The summed E-state index contributed by atoms with van der Waals surface area (Å²) in [4.78, 5) is 11.4. The fraction of sp³-hybridized carbons (Fsp3) is 0.364. The summed E-state index contributed by atoms with van der Waals surface area (Å²) in [5, 5.41) is 5.97. The van der Waals surface area contributed by atoms with Crippen molar-refractivity contribution in [3.8, 4) is 0 Å². The Hall–Kier alpha value is -0.710. The molecule has 0 bridgehead atoms. The zero-order chi connectivity index (χ0) is 11.1. The van der Waals surface area contributed by atoms with Gasteiger partial charge in [-0.05, 0) is 24.9 Å². The number of para-hydroxylation sites is 1. The minimum atomic E-state index is 0. The Morgan fingerprint density at radius 2 is 2.06 bits per heavy atom. The topological polar surface area (TPSA) is 41.1 Å². The van der Waals surface area contributed by atoms with Crippen molar-refractivity contribution in [2.75, 3.05) is 24.4 Å². The first-order valence-corrected chi connectivity index (χ1v) is 6.18. The van der Waals surface area contributed by atoms with E-state index in [1.165, 1.54) is 11.8 Å². The lowest BCUT2D eigenvalue weighted by molar-refractivity contribution is -0.113. The summed E-state index contributed by atoms with van der Waals surface area (Å²) in [6.07, 6.45) is 1.92. The van der Waals surface area contributed by atoms with E-state index in [-0.39, 0.29) is 18.3 Å². The fourth-order valence-electron chi connectivity index (χ4n) is 1.30. The van der Waals surface area contributed by atoms with E-state index in [9.17, 15) is 4.79 Å². The predicted octanol–water partition coefficient (Wildman–Crippen LogP) is 2.13. The summed E-state index contributed by atoms with van der Waals surface area (Å²) in [6, 6.07) is 7.82. The number of amides is 1. The highest BCUT2D eigenvalue weighted by Crippen LogP contribution is 2.14. The second-order valence-electron chi connectivity index (χ2n) is 3.17. The van der Waals surface area contributed by atoms with Gasteiger partial charge in [-0.25, -0.2) is 0 Å². The number of thioether (sulfide) groups is 1. The number of nitrogens with one attached hydrogen (secondary N) is 2. The molecule has 0 aromatic heterocycles. The molecule has 0 aliphatic heterocycles. The molecule has 1 rings (SSSR count). The van der Waals surface area contributed by atoms with Crippen molar-refractivity contribution in [3.63, 3.8) is 0 Å². The van der Waals surface area contributed by atoms with Crippen LogP contribution in [0.15, 0.2) is 24.3 Å². The minimum Gasteiger partial charge on any atom is -0.325 e. The van der Waals surface area contributed by atoms with E-state index < -0.39 is 0 Å². The lowest BCUT2D eigenvalue weighted by Crippen LogP contribution is -2.16. The number of halogens is 1. The van der Waals surface area contributed by atoms with Gasteiger partial charge in [-0.1, -0.05) is 18.2 Å². The van der Waals surface area contributed by atoms with Crippen molar-refractivity contribution in [2.45, 2.75) is 6.54 Å². The largest absolute Gasteiger partial charge is 0.325 e. The van der Waals surface area contributed by atoms with Crippen LogP contribution in [0.4, 0.5) is 5.69 Å². The van der Waals surface area contributed by atoms with Crippen molar-refractivity contribution < 1.29 is 4.79 Å². The normalized spacial score (nSPS) is 9.38. The van der Waals surface area contributed by atoms with Crippen LogP contribution in [0, 0.1) is 0 Å². The van der Waals surface area contributed by atoms with Gasteiger partial charge in [0.25, 0.3) is 0 Å². The van der Waals surface area contributed by atoms with Crippen LogP contribution in [0.2, 0.25) is 0 Å². The number of benzene rings is 1. The maximum atomic E-state index is 11.4. The van der Waals surface area contributed by atoms with Crippen molar-refractivity contribution >= 4 is 35.8 Å². The predicted molar refractivity (Wildman–Crippen MR) is 73.5 cm³/mol. The monoisotopic (exact) mass is 260 g/mol. The van der Waals surface area contributed by atoms with E-state index >= 15 is 0 Å². The Morgan fingerprint density at radius 1 is 1.38 bits per heavy atom. The molecular weight excluding hydrogens is 244 g/mol. The van der Waals surface area contributed by atoms with Gasteiger partial charge in [-0.2, -0.15) is 11.8 Å². The maximum absolute atomic E-state index is 11.4. The molecule has 1 amide bonds. The van der Waals surface area contributed by atoms with Crippen LogP contribution >= 0.6 is 24.2 Å². The van der Waals surface area contributed by atoms with Gasteiger partial charge in [0.1, 0.15) is 0 Å². The molecule has 0 fully saturated rings. The standard InChI is InChI=1S/C11H16N2OS.ClH/c1-12-7-9-5-3-4-6-10(9)13-11(14)8-15-2;/h3-6,12H,7-8H2,1-2H3,(H,13,14);1H. The van der Waals surface area contributed by atoms with Gasteiger partial charge in [-0.15, -0.1) is 12.4 Å². The SMILES string of the molecule is CNCc1ccccc1NC(=O)CSC.Cl. The molecule has 0 aliphatic rings. The second kappa shape index (κ2) is 8.44. The third-order valence-corrected chi connectivity index (χ3v) is 2.48. The third-order valence-electron chi connectivity index (χ3n) is 1.93. The van der Waals surface area contributed by atoms with Crippen LogP contribution in [0.3, 0.4) is 0 Å². The molecule has 0 atom stereocenters. The summed E-state index contributed by atoms with van der Waals surface area (Å²) in [6.45, 7) is 0.760. The molecule has 0 saturated heterocycles. The van der Waals surface area contributed by atoms with Crippen LogP contribution in [-0.2, 0) is 11.3 Å². The number of rotatable bonds is 5. The Balaban J connectivity index is 0.00000225. The van der Waals surface area contributed by atoms with Gasteiger partial charge < -0.3 is 10.6 Å². The molecule has 1 aromatic carbocycles. The summed E-state index contributed by atoms with van der Waals surface area (Å²) in [5.74, 6) is 0.541. The van der Waals surface area contributed by atoms with Gasteiger partial charge in [0.2, 0.25) is 5.91 Å². The zero-order valence-electron chi connectivity index (χ0n) is 9.45. The van der Waals surface area contributed by atoms with Crippen LogP contribution < -0.4 is 10.6 Å². The maximum Gasteiger partial charge on any atom is 0.234 e. The molecule has 0 heterocycles. The number of hydrogen-bond donors (Lipinski definition) is 2. The van der Waals surface area contributed by atoms with Crippen LogP contribution in [0.25, 0.3) is 0 Å². The third kappa shape index (κ3) is 4.88. The highest BCUT2D eigenvalue weighted by Gasteiger charge is 2.04. The quantitative estimate of drug-likeness (QED) is 0.852. The summed E-state index contributed by atoms with van der Waals surface area (Å²) in [5.41, 5.74) is 2.00. The number of anilines is 1. The number of carbonyl (C=O) groups excluding carboxylic acids is 1. The molecular formula is C11H17ClN2OS. The molecule has 16 heavy (non-hydrogen) atoms. The molecule has 2 N–H and O–H groups in total. The lowest BCUT2D eigenvalue weighted by Gasteiger charge is -2.09. The Bertz CT molecular complexity index is 334. The first-order valence-electron chi connectivity index (χ1n) is 4.79. The van der Waals surface area contributed by atoms with Crippen molar-refractivity contribution in [2.24, 2.45) is 0 Å². The van der Waals surface area contributed by atoms with Crippen molar-refractivity contribution in [1.82, 2.24) is 5.32 Å². The van der Waals surface area contributed by atoms with E-state index in [0.717, 1.165) is 17.8 Å². The van der Waals surface area contributed by atoms with Gasteiger partial charge in [0.05, 0.1) is 5.75 Å². The smallest absolute Gasteiger partial charge is 0.234 e. The van der Waals surface area contributed by atoms with Crippen LogP contribution in [0.5, 0.6) is 0 Å². The van der Waals surface area contributed by atoms with Gasteiger partial charge in [-0.3, -0.25) is 4.79 Å².